The molecule has 4 saturated carbocycles. The number of urea groups is 1. The molecule has 6 rings (SSSR count). The van der Waals surface area contributed by atoms with Gasteiger partial charge in [-0.2, -0.15) is 0 Å². The van der Waals surface area contributed by atoms with E-state index in [1.54, 1.807) is 24.3 Å². The molecule has 0 radical (unpaired) electrons. The van der Waals surface area contributed by atoms with Crippen molar-refractivity contribution in [3.8, 4) is 0 Å². The minimum atomic E-state index is -0.377. The van der Waals surface area contributed by atoms with Gasteiger partial charge in [0.1, 0.15) is 6.61 Å². The largest absolute Gasteiger partial charge is 0.447 e. The summed E-state index contributed by atoms with van der Waals surface area (Å²) < 4.78 is 4.96. The topological polar surface area (TPSA) is 99.8 Å². The first-order chi connectivity index (χ1) is 15.0. The van der Waals surface area contributed by atoms with E-state index in [-0.39, 0.29) is 36.5 Å². The molecule has 166 valence electrons. The summed E-state index contributed by atoms with van der Waals surface area (Å²) in [5.41, 5.74) is 1.27. The van der Waals surface area contributed by atoms with Gasteiger partial charge in [0.25, 0.3) is 0 Å². The van der Waals surface area contributed by atoms with Gasteiger partial charge >= 0.3 is 12.1 Å². The van der Waals surface area contributed by atoms with Gasteiger partial charge in [0.05, 0.1) is 6.54 Å². The summed E-state index contributed by atoms with van der Waals surface area (Å²) in [7, 11) is 0. The minimum absolute atomic E-state index is 0.0295. The number of carbonyl (C=O) groups is 3. The molecule has 4 aliphatic carbocycles. The van der Waals surface area contributed by atoms with E-state index in [9.17, 15) is 14.4 Å². The number of nitrogens with zero attached hydrogens (tertiary/aromatic N) is 1. The lowest BCUT2D eigenvalue weighted by Crippen LogP contribution is -2.61. The molecule has 1 saturated heterocycles. The van der Waals surface area contributed by atoms with Crippen LogP contribution < -0.4 is 20.9 Å². The van der Waals surface area contributed by atoms with E-state index in [2.05, 4.69) is 16.0 Å². The molecule has 0 spiro atoms. The fourth-order valence-corrected chi connectivity index (χ4v) is 6.44. The Kier molecular flexibility index (Phi) is 5.24. The number of amides is 4. The van der Waals surface area contributed by atoms with Crippen LogP contribution in [-0.4, -0.2) is 43.3 Å². The Hall–Kier alpha value is -2.77. The Morgan fingerprint density at radius 1 is 1.10 bits per heavy atom. The molecule has 1 aliphatic heterocycles. The number of anilines is 2. The van der Waals surface area contributed by atoms with Gasteiger partial charge in [-0.3, -0.25) is 9.69 Å². The molecule has 0 atom stereocenters. The molecule has 8 nitrogen and oxygen atoms in total. The standard InChI is InChI=1S/C23H30N4O4/c28-20(25-18-2-1-3-19(11-18)27-6-7-31-22(27)30)4-5-24-21(29)26-23-12-15-8-16(13-23)10-17(9-15)14-23/h1-3,11,15-17H,4-10,12-14H2,(H,25,28)(H2,24,26,29). The molecule has 0 unspecified atom stereocenters. The summed E-state index contributed by atoms with van der Waals surface area (Å²) in [5.74, 6) is 2.14. The summed E-state index contributed by atoms with van der Waals surface area (Å²) in [6.07, 6.45) is 7.13. The van der Waals surface area contributed by atoms with E-state index in [0.717, 1.165) is 37.0 Å². The summed E-state index contributed by atoms with van der Waals surface area (Å²) in [5, 5.41) is 8.95. The lowest BCUT2D eigenvalue weighted by molar-refractivity contribution is -0.116. The monoisotopic (exact) mass is 426 g/mol. The number of benzene rings is 1. The third-order valence-electron chi connectivity index (χ3n) is 7.26. The third kappa shape index (κ3) is 4.34. The maximum Gasteiger partial charge on any atom is 0.414 e. The second kappa shape index (κ2) is 8.05. The van der Waals surface area contributed by atoms with Crippen LogP contribution in [0.25, 0.3) is 0 Å². The summed E-state index contributed by atoms with van der Waals surface area (Å²) >= 11 is 0. The molecular formula is C23H30N4O4. The highest BCUT2D eigenvalue weighted by atomic mass is 16.6. The molecule has 1 aromatic rings. The van der Waals surface area contributed by atoms with Crippen LogP contribution >= 0.6 is 0 Å². The number of ether oxygens (including phenoxy) is 1. The maximum atomic E-state index is 12.5. The predicted octanol–water partition coefficient (Wildman–Crippen LogP) is 3.24. The zero-order chi connectivity index (χ0) is 21.4. The Bertz CT molecular complexity index is 851. The molecule has 4 amide bonds. The van der Waals surface area contributed by atoms with Crippen LogP contribution in [0.5, 0.6) is 0 Å². The van der Waals surface area contributed by atoms with Crippen molar-refractivity contribution in [2.24, 2.45) is 17.8 Å². The zero-order valence-corrected chi connectivity index (χ0v) is 17.7. The van der Waals surface area contributed by atoms with Gasteiger partial charge < -0.3 is 20.7 Å². The van der Waals surface area contributed by atoms with Crippen molar-refractivity contribution in [1.82, 2.24) is 10.6 Å². The second-order valence-corrected chi connectivity index (χ2v) is 9.69. The van der Waals surface area contributed by atoms with E-state index in [0.29, 0.717) is 24.5 Å². The SMILES string of the molecule is O=C(CCNC(=O)NC12CC3CC(CC(C3)C1)C2)Nc1cccc(N2CCOC2=O)c1. The van der Waals surface area contributed by atoms with Gasteiger partial charge in [-0.25, -0.2) is 9.59 Å². The highest BCUT2D eigenvalue weighted by Gasteiger charge is 2.51. The molecule has 0 aromatic heterocycles. The third-order valence-corrected chi connectivity index (χ3v) is 7.26. The molecule has 1 heterocycles. The molecule has 4 bridgehead atoms. The van der Waals surface area contributed by atoms with E-state index in [4.69, 9.17) is 4.74 Å². The highest BCUT2D eigenvalue weighted by molar-refractivity contribution is 5.94. The van der Waals surface area contributed by atoms with Crippen molar-refractivity contribution in [2.75, 3.05) is 29.9 Å². The first-order valence-corrected chi connectivity index (χ1v) is 11.4. The van der Waals surface area contributed by atoms with Crippen molar-refractivity contribution in [1.29, 1.82) is 0 Å². The second-order valence-electron chi connectivity index (χ2n) is 9.69. The molecule has 5 aliphatic rings. The van der Waals surface area contributed by atoms with Gasteiger partial charge in [0.15, 0.2) is 0 Å². The number of hydrogen-bond donors (Lipinski definition) is 3. The molecule has 31 heavy (non-hydrogen) atoms. The van der Waals surface area contributed by atoms with E-state index < -0.39 is 0 Å². The molecule has 8 heteroatoms. The quantitative estimate of drug-likeness (QED) is 0.650. The van der Waals surface area contributed by atoms with Crippen molar-refractivity contribution < 1.29 is 19.1 Å². The molecular weight excluding hydrogens is 396 g/mol. The van der Waals surface area contributed by atoms with E-state index >= 15 is 0 Å². The number of nitrogens with one attached hydrogen (secondary N) is 3. The van der Waals surface area contributed by atoms with Crippen LogP contribution in [0.2, 0.25) is 0 Å². The smallest absolute Gasteiger partial charge is 0.414 e. The number of cyclic esters (lactones) is 1. The average Bonchev–Trinajstić information content (AvgIpc) is 3.12. The average molecular weight is 427 g/mol. The van der Waals surface area contributed by atoms with Crippen molar-refractivity contribution in [3.05, 3.63) is 24.3 Å². The van der Waals surface area contributed by atoms with Crippen LogP contribution in [0, 0.1) is 17.8 Å². The first-order valence-electron chi connectivity index (χ1n) is 11.4. The normalized spacial score (nSPS) is 30.8. The van der Waals surface area contributed by atoms with E-state index in [1.807, 2.05) is 0 Å². The zero-order valence-electron chi connectivity index (χ0n) is 17.7. The van der Waals surface area contributed by atoms with Gasteiger partial charge in [-0.05, 0) is 74.5 Å². The molecule has 1 aromatic carbocycles. The lowest BCUT2D eigenvalue weighted by Gasteiger charge is -2.56. The summed E-state index contributed by atoms with van der Waals surface area (Å²) in [6.45, 7) is 1.15. The van der Waals surface area contributed by atoms with Crippen LogP contribution in [0.4, 0.5) is 21.0 Å². The van der Waals surface area contributed by atoms with Crippen LogP contribution in [0.1, 0.15) is 44.9 Å². The van der Waals surface area contributed by atoms with Crippen LogP contribution in [0.3, 0.4) is 0 Å². The van der Waals surface area contributed by atoms with Gasteiger partial charge in [0.2, 0.25) is 5.91 Å². The predicted molar refractivity (Wildman–Crippen MR) is 116 cm³/mol. The van der Waals surface area contributed by atoms with Crippen LogP contribution in [0.15, 0.2) is 24.3 Å². The Labute approximate surface area is 182 Å². The number of rotatable bonds is 6. The van der Waals surface area contributed by atoms with Crippen molar-refractivity contribution >= 4 is 29.4 Å². The fourth-order valence-electron chi connectivity index (χ4n) is 6.44. The highest BCUT2D eigenvalue weighted by Crippen LogP contribution is 2.55. The van der Waals surface area contributed by atoms with Gasteiger partial charge in [-0.15, -0.1) is 0 Å². The Morgan fingerprint density at radius 2 is 1.81 bits per heavy atom. The lowest BCUT2D eigenvalue weighted by atomic mass is 9.53. The molecule has 5 fully saturated rings. The van der Waals surface area contributed by atoms with Gasteiger partial charge in [0, 0.05) is 29.9 Å². The summed E-state index contributed by atoms with van der Waals surface area (Å²) in [4.78, 5) is 38.0. The van der Waals surface area contributed by atoms with Crippen molar-refractivity contribution in [2.45, 2.75) is 50.5 Å². The Morgan fingerprint density at radius 3 is 2.45 bits per heavy atom. The number of hydrogen-bond acceptors (Lipinski definition) is 4. The Balaban J connectivity index is 1.08. The number of carbonyl (C=O) groups excluding carboxylic acids is 3. The summed E-state index contributed by atoms with van der Waals surface area (Å²) in [6, 6.07) is 6.95. The first kappa shape index (κ1) is 20.2. The molecule has 3 N–H and O–H groups in total. The van der Waals surface area contributed by atoms with Crippen LogP contribution in [-0.2, 0) is 9.53 Å². The van der Waals surface area contributed by atoms with Gasteiger partial charge in [-0.1, -0.05) is 6.07 Å². The fraction of sp³-hybridized carbons (Fsp3) is 0.609. The van der Waals surface area contributed by atoms with E-state index in [1.165, 1.54) is 24.2 Å². The minimum Gasteiger partial charge on any atom is -0.447 e. The maximum absolute atomic E-state index is 12.5. The van der Waals surface area contributed by atoms with Crippen molar-refractivity contribution in [3.63, 3.8) is 0 Å².